The molecule has 2 heterocycles. The van der Waals surface area contributed by atoms with Crippen LogP contribution in [0.25, 0.3) is 0 Å². The molecule has 2 heteroatoms. The molecule has 2 rings (SSSR count). The molecule has 0 aliphatic carbocycles. The van der Waals surface area contributed by atoms with Gasteiger partial charge in [0.25, 0.3) is 0 Å². The first-order valence-electron chi connectivity index (χ1n) is 6.41. The molecule has 0 saturated carbocycles. The Morgan fingerprint density at radius 2 is 1.21 bits per heavy atom. The van der Waals surface area contributed by atoms with Gasteiger partial charge in [-0.15, -0.1) is 0 Å². The minimum absolute atomic E-state index is 0.342. The Morgan fingerprint density at radius 3 is 1.86 bits per heavy atom. The molecule has 2 nitrogen and oxygen atoms in total. The fraction of sp³-hybridized carbons (Fsp3) is 1.00. The van der Waals surface area contributed by atoms with E-state index < -0.39 is 0 Å². The van der Waals surface area contributed by atoms with Gasteiger partial charge in [-0.05, 0) is 45.2 Å². The van der Waals surface area contributed by atoms with E-state index in [4.69, 9.17) is 0 Å². The quantitative estimate of drug-likeness (QED) is 0.625. The fourth-order valence-corrected chi connectivity index (χ4v) is 2.48. The summed E-state index contributed by atoms with van der Waals surface area (Å²) in [7, 11) is 0. The van der Waals surface area contributed by atoms with E-state index >= 15 is 0 Å². The normalized spacial score (nSPS) is 33.0. The topological polar surface area (TPSA) is 24.1 Å². The molecule has 2 aliphatic rings. The molecule has 1 unspecified atom stereocenters. The average molecular weight is 198 g/mol. The number of piperidine rings is 1. The lowest BCUT2D eigenvalue weighted by Crippen LogP contribution is -2.58. The first-order chi connectivity index (χ1) is 6.91. The van der Waals surface area contributed by atoms with Gasteiger partial charge in [-0.1, -0.05) is 26.7 Å². The summed E-state index contributed by atoms with van der Waals surface area (Å²) in [6.07, 6.45) is 9.63. The second-order valence-corrected chi connectivity index (χ2v) is 4.20. The van der Waals surface area contributed by atoms with E-state index in [9.17, 15) is 0 Å². The lowest BCUT2D eigenvalue weighted by atomic mass is 9.93. The van der Waals surface area contributed by atoms with Gasteiger partial charge in [0.15, 0.2) is 0 Å². The predicted octanol–water partition coefficient (Wildman–Crippen LogP) is 2.65. The molecular weight excluding hydrogens is 172 g/mol. The zero-order valence-corrected chi connectivity index (χ0v) is 9.86. The summed E-state index contributed by atoms with van der Waals surface area (Å²) in [6, 6.07) is 0. The van der Waals surface area contributed by atoms with Gasteiger partial charge in [0.05, 0.1) is 5.66 Å². The second kappa shape index (κ2) is 6.41. The average Bonchev–Trinajstić information content (AvgIpc) is 2.48. The minimum atomic E-state index is 0.342. The van der Waals surface area contributed by atoms with Crippen LogP contribution in [0, 0.1) is 0 Å². The molecule has 1 spiro atoms. The van der Waals surface area contributed by atoms with E-state index in [1.807, 2.05) is 13.8 Å². The maximum Gasteiger partial charge on any atom is 0.0687 e. The maximum absolute atomic E-state index is 3.69. The Labute approximate surface area is 88.8 Å². The van der Waals surface area contributed by atoms with Crippen molar-refractivity contribution in [3.8, 4) is 0 Å². The van der Waals surface area contributed by atoms with Gasteiger partial charge in [-0.25, -0.2) is 0 Å². The monoisotopic (exact) mass is 198 g/mol. The van der Waals surface area contributed by atoms with Crippen molar-refractivity contribution in [1.29, 1.82) is 0 Å². The van der Waals surface area contributed by atoms with Crippen LogP contribution in [0.1, 0.15) is 58.8 Å². The van der Waals surface area contributed by atoms with Gasteiger partial charge in [0.1, 0.15) is 0 Å². The van der Waals surface area contributed by atoms with Crippen molar-refractivity contribution in [3.63, 3.8) is 0 Å². The van der Waals surface area contributed by atoms with Crippen LogP contribution in [0.4, 0.5) is 0 Å². The summed E-state index contributed by atoms with van der Waals surface area (Å²) in [4.78, 5) is 0. The zero-order valence-electron chi connectivity index (χ0n) is 9.86. The third kappa shape index (κ3) is 3.25. The fourth-order valence-electron chi connectivity index (χ4n) is 2.48. The molecule has 14 heavy (non-hydrogen) atoms. The lowest BCUT2D eigenvalue weighted by molar-refractivity contribution is 0.194. The molecule has 0 aromatic carbocycles. The van der Waals surface area contributed by atoms with E-state index in [2.05, 4.69) is 10.6 Å². The summed E-state index contributed by atoms with van der Waals surface area (Å²) in [6.45, 7) is 6.43. The molecular formula is C12H26N2. The van der Waals surface area contributed by atoms with Crippen molar-refractivity contribution >= 4 is 0 Å². The van der Waals surface area contributed by atoms with Gasteiger partial charge in [-0.2, -0.15) is 0 Å². The zero-order chi connectivity index (χ0) is 10.3. The predicted molar refractivity (Wildman–Crippen MR) is 62.4 cm³/mol. The van der Waals surface area contributed by atoms with Crippen molar-refractivity contribution in [2.75, 3.05) is 13.1 Å². The van der Waals surface area contributed by atoms with Crippen LogP contribution in [-0.2, 0) is 0 Å². The first kappa shape index (κ1) is 12.0. The molecule has 2 saturated heterocycles. The number of nitrogens with one attached hydrogen (secondary N) is 2. The summed E-state index contributed by atoms with van der Waals surface area (Å²) in [5.74, 6) is 0. The number of hydrogen-bond acceptors (Lipinski definition) is 2. The van der Waals surface area contributed by atoms with Crippen molar-refractivity contribution in [1.82, 2.24) is 10.6 Å². The van der Waals surface area contributed by atoms with Crippen LogP contribution >= 0.6 is 0 Å². The molecule has 0 radical (unpaired) electrons. The van der Waals surface area contributed by atoms with E-state index in [1.165, 1.54) is 58.0 Å². The Morgan fingerprint density at radius 1 is 0.714 bits per heavy atom. The Balaban J connectivity index is 0.000000461. The molecule has 0 bridgehead atoms. The van der Waals surface area contributed by atoms with Crippen LogP contribution < -0.4 is 10.6 Å². The largest absolute Gasteiger partial charge is 0.299 e. The van der Waals surface area contributed by atoms with Crippen LogP contribution in [0.5, 0.6) is 0 Å². The highest BCUT2D eigenvalue weighted by Crippen LogP contribution is 2.24. The molecule has 2 N–H and O–H groups in total. The molecule has 84 valence electrons. The Hall–Kier alpha value is -0.0800. The van der Waals surface area contributed by atoms with Gasteiger partial charge < -0.3 is 0 Å². The third-order valence-corrected chi connectivity index (χ3v) is 3.24. The SMILES string of the molecule is C1CCNC2(CC1)CCCCN2.CC. The second-order valence-electron chi connectivity index (χ2n) is 4.20. The third-order valence-electron chi connectivity index (χ3n) is 3.24. The maximum atomic E-state index is 3.69. The van der Waals surface area contributed by atoms with E-state index in [0.29, 0.717) is 5.66 Å². The van der Waals surface area contributed by atoms with Gasteiger partial charge in [0.2, 0.25) is 0 Å². The highest BCUT2D eigenvalue weighted by Gasteiger charge is 2.31. The highest BCUT2D eigenvalue weighted by molar-refractivity contribution is 4.89. The molecule has 1 atom stereocenters. The molecule has 0 aromatic heterocycles. The van der Waals surface area contributed by atoms with Crippen LogP contribution in [0.3, 0.4) is 0 Å². The van der Waals surface area contributed by atoms with Crippen molar-refractivity contribution in [2.24, 2.45) is 0 Å². The summed E-state index contributed by atoms with van der Waals surface area (Å²) < 4.78 is 0. The van der Waals surface area contributed by atoms with Crippen molar-refractivity contribution in [2.45, 2.75) is 64.5 Å². The highest BCUT2D eigenvalue weighted by atomic mass is 15.2. The smallest absolute Gasteiger partial charge is 0.0687 e. The van der Waals surface area contributed by atoms with Gasteiger partial charge in [0, 0.05) is 0 Å². The lowest BCUT2D eigenvalue weighted by Gasteiger charge is -2.38. The van der Waals surface area contributed by atoms with Crippen molar-refractivity contribution in [3.05, 3.63) is 0 Å². The summed E-state index contributed by atoms with van der Waals surface area (Å²) >= 11 is 0. The standard InChI is InChI=1S/C10H20N2.C2H6/c1-2-6-10(11-8-4-1)7-3-5-9-12-10;1-2/h11-12H,1-9H2;1-2H3. The van der Waals surface area contributed by atoms with Crippen LogP contribution in [-0.4, -0.2) is 18.8 Å². The van der Waals surface area contributed by atoms with Crippen LogP contribution in [0.2, 0.25) is 0 Å². The van der Waals surface area contributed by atoms with E-state index in [-0.39, 0.29) is 0 Å². The minimum Gasteiger partial charge on any atom is -0.299 e. The number of hydrogen-bond donors (Lipinski definition) is 2. The van der Waals surface area contributed by atoms with E-state index in [0.717, 1.165) is 0 Å². The Kier molecular flexibility index (Phi) is 5.49. The number of rotatable bonds is 0. The molecule has 0 amide bonds. The van der Waals surface area contributed by atoms with Gasteiger partial charge >= 0.3 is 0 Å². The summed E-state index contributed by atoms with van der Waals surface area (Å²) in [5.41, 5.74) is 0.342. The van der Waals surface area contributed by atoms with E-state index in [1.54, 1.807) is 0 Å². The van der Waals surface area contributed by atoms with Crippen LogP contribution in [0.15, 0.2) is 0 Å². The Bertz CT molecular complexity index is 129. The first-order valence-corrected chi connectivity index (χ1v) is 6.41. The van der Waals surface area contributed by atoms with Crippen molar-refractivity contribution < 1.29 is 0 Å². The molecule has 0 aromatic rings. The molecule has 2 fully saturated rings. The summed E-state index contributed by atoms with van der Waals surface area (Å²) in [5, 5.41) is 7.35. The molecule has 2 aliphatic heterocycles. The van der Waals surface area contributed by atoms with Gasteiger partial charge in [-0.3, -0.25) is 10.6 Å².